The van der Waals surface area contributed by atoms with E-state index in [1.165, 1.54) is 6.33 Å². The molecule has 0 radical (unpaired) electrons. The number of rotatable bonds is 9. The van der Waals surface area contributed by atoms with Crippen molar-refractivity contribution in [3.8, 4) is 0 Å². The Kier molecular flexibility index (Phi) is 8.23. The molecule has 0 spiro atoms. The molecular formula is C29H32Cl2N8O2. The number of anilines is 1. The van der Waals surface area contributed by atoms with Crippen LogP contribution in [0.4, 0.5) is 5.82 Å². The van der Waals surface area contributed by atoms with Crippen LogP contribution in [0.15, 0.2) is 36.7 Å². The minimum absolute atomic E-state index is 0.132. The fourth-order valence-electron chi connectivity index (χ4n) is 5.61. The second kappa shape index (κ2) is 12.2. The van der Waals surface area contributed by atoms with Crippen molar-refractivity contribution in [3.63, 3.8) is 0 Å². The normalized spacial score (nSPS) is 17.8. The Morgan fingerprint density at radius 1 is 1.07 bits per heavy atom. The largest absolute Gasteiger partial charge is 0.359 e. The van der Waals surface area contributed by atoms with Crippen LogP contribution in [0.1, 0.15) is 60.7 Å². The van der Waals surface area contributed by atoms with Crippen LogP contribution >= 0.6 is 23.2 Å². The summed E-state index contributed by atoms with van der Waals surface area (Å²) in [5.74, 6) is 1.10. The van der Waals surface area contributed by atoms with Crippen molar-refractivity contribution in [2.75, 3.05) is 31.5 Å². The highest BCUT2D eigenvalue weighted by Crippen LogP contribution is 2.31. The molecule has 2 aliphatic heterocycles. The van der Waals surface area contributed by atoms with Crippen LogP contribution in [0.25, 0.3) is 21.9 Å². The number of fused-ring (bicyclic) bond motifs is 2. The van der Waals surface area contributed by atoms with E-state index in [2.05, 4.69) is 30.9 Å². The highest BCUT2D eigenvalue weighted by atomic mass is 35.5. The van der Waals surface area contributed by atoms with E-state index in [0.717, 1.165) is 56.4 Å². The minimum atomic E-state index is -0.355. The van der Waals surface area contributed by atoms with Crippen LogP contribution in [0, 0.1) is 0 Å². The Hall–Kier alpha value is -3.47. The highest BCUT2D eigenvalue weighted by molar-refractivity contribution is 6.35. The minimum Gasteiger partial charge on any atom is -0.359 e. The number of carbonyl (C=O) groups excluding carboxylic acids is 2. The smallest absolute Gasteiger partial charge is 0.252 e. The van der Waals surface area contributed by atoms with Gasteiger partial charge in [0.2, 0.25) is 5.91 Å². The Labute approximate surface area is 247 Å². The van der Waals surface area contributed by atoms with Crippen LogP contribution in [0.2, 0.25) is 10.0 Å². The van der Waals surface area contributed by atoms with Gasteiger partial charge in [0.1, 0.15) is 18.0 Å². The van der Waals surface area contributed by atoms with Crippen LogP contribution in [-0.2, 0) is 4.79 Å². The number of aromatic nitrogens is 4. The summed E-state index contributed by atoms with van der Waals surface area (Å²) in [6.45, 7) is 3.13. The summed E-state index contributed by atoms with van der Waals surface area (Å²) in [5, 5.41) is 11.4. The van der Waals surface area contributed by atoms with Crippen molar-refractivity contribution in [2.24, 2.45) is 0 Å². The Morgan fingerprint density at radius 3 is 2.73 bits per heavy atom. The lowest BCUT2D eigenvalue weighted by Crippen LogP contribution is -2.37. The van der Waals surface area contributed by atoms with Gasteiger partial charge in [0, 0.05) is 42.5 Å². The van der Waals surface area contributed by atoms with Gasteiger partial charge in [-0.15, -0.1) is 0 Å². The lowest BCUT2D eigenvalue weighted by atomic mass is 10.1. The molecule has 214 valence electrons. The number of nitrogens with one attached hydrogen (secondary N) is 4. The maximum absolute atomic E-state index is 12.9. The molecule has 12 heteroatoms. The predicted molar refractivity (Wildman–Crippen MR) is 160 cm³/mol. The van der Waals surface area contributed by atoms with E-state index >= 15 is 0 Å². The third kappa shape index (κ3) is 6.24. The molecule has 41 heavy (non-hydrogen) atoms. The fourth-order valence-corrected chi connectivity index (χ4v) is 6.02. The average Bonchev–Trinajstić information content (AvgIpc) is 3.76. The van der Waals surface area contributed by atoms with Crippen LogP contribution in [0.3, 0.4) is 0 Å². The van der Waals surface area contributed by atoms with Gasteiger partial charge >= 0.3 is 0 Å². The van der Waals surface area contributed by atoms with E-state index in [4.69, 9.17) is 28.2 Å². The van der Waals surface area contributed by atoms with E-state index in [1.807, 2.05) is 17.0 Å². The molecule has 4 N–H and O–H groups in total. The molecule has 2 aliphatic rings. The van der Waals surface area contributed by atoms with Crippen molar-refractivity contribution < 1.29 is 9.59 Å². The molecule has 0 saturated carbocycles. The summed E-state index contributed by atoms with van der Waals surface area (Å²) in [5.41, 5.74) is 2.54. The van der Waals surface area contributed by atoms with Gasteiger partial charge in [-0.05, 0) is 69.0 Å². The number of carbonyl (C=O) groups is 2. The van der Waals surface area contributed by atoms with E-state index in [0.29, 0.717) is 57.5 Å². The first kappa shape index (κ1) is 27.7. The lowest BCUT2D eigenvalue weighted by molar-refractivity contribution is -0.130. The second-order valence-electron chi connectivity index (χ2n) is 10.7. The zero-order valence-corrected chi connectivity index (χ0v) is 24.1. The summed E-state index contributed by atoms with van der Waals surface area (Å²) >= 11 is 12.8. The molecule has 6 rings (SSSR count). The summed E-state index contributed by atoms with van der Waals surface area (Å²) in [6, 6.07) is 8.83. The monoisotopic (exact) mass is 594 g/mol. The van der Waals surface area contributed by atoms with Gasteiger partial charge in [-0.25, -0.2) is 15.0 Å². The van der Waals surface area contributed by atoms with E-state index in [9.17, 15) is 9.59 Å². The van der Waals surface area contributed by atoms with E-state index in [-0.39, 0.29) is 23.9 Å². The van der Waals surface area contributed by atoms with Crippen molar-refractivity contribution in [3.05, 3.63) is 58.1 Å². The first-order valence-electron chi connectivity index (χ1n) is 14.1. The number of imidazole rings is 1. The first-order valence-corrected chi connectivity index (χ1v) is 14.9. The van der Waals surface area contributed by atoms with Gasteiger partial charge in [0.25, 0.3) is 5.91 Å². The molecule has 0 unspecified atom stereocenters. The molecule has 10 nitrogen and oxygen atoms in total. The number of halogens is 2. The maximum atomic E-state index is 12.9. The Balaban J connectivity index is 1.27. The van der Waals surface area contributed by atoms with Crippen LogP contribution in [-0.4, -0.2) is 68.9 Å². The van der Waals surface area contributed by atoms with Crippen LogP contribution in [0.5, 0.6) is 0 Å². The average molecular weight is 596 g/mol. The number of hydrogen-bond donors (Lipinski definition) is 4. The number of amides is 2. The number of H-pyrrole nitrogens is 1. The lowest BCUT2D eigenvalue weighted by Gasteiger charge is -2.20. The Morgan fingerprint density at radius 2 is 1.93 bits per heavy atom. The molecule has 0 aliphatic carbocycles. The molecule has 2 aromatic carbocycles. The van der Waals surface area contributed by atoms with Gasteiger partial charge in [-0.1, -0.05) is 23.2 Å². The van der Waals surface area contributed by atoms with Crippen molar-refractivity contribution >= 4 is 62.8 Å². The molecule has 2 saturated heterocycles. The van der Waals surface area contributed by atoms with Crippen LogP contribution < -0.4 is 16.0 Å². The van der Waals surface area contributed by atoms with Gasteiger partial charge < -0.3 is 25.8 Å². The molecular weight excluding hydrogens is 563 g/mol. The number of nitrogens with zero attached hydrogens (tertiary/aromatic N) is 4. The number of benzene rings is 2. The van der Waals surface area contributed by atoms with E-state index in [1.54, 1.807) is 18.2 Å². The molecule has 4 heterocycles. The summed E-state index contributed by atoms with van der Waals surface area (Å²) in [6.07, 6.45) is 6.55. The quantitative estimate of drug-likeness (QED) is 0.218. The van der Waals surface area contributed by atoms with Gasteiger partial charge in [-0.3, -0.25) is 9.59 Å². The van der Waals surface area contributed by atoms with Crippen molar-refractivity contribution in [2.45, 2.75) is 50.6 Å². The van der Waals surface area contributed by atoms with E-state index < -0.39 is 0 Å². The Bertz CT molecular complexity index is 1580. The number of hydrogen-bond acceptors (Lipinski definition) is 7. The zero-order chi connectivity index (χ0) is 28.3. The molecule has 2 atom stereocenters. The summed E-state index contributed by atoms with van der Waals surface area (Å²) in [4.78, 5) is 44.8. The molecule has 2 fully saturated rings. The summed E-state index contributed by atoms with van der Waals surface area (Å²) in [7, 11) is 0. The predicted octanol–water partition coefficient (Wildman–Crippen LogP) is 4.85. The third-order valence-corrected chi connectivity index (χ3v) is 8.40. The first-order chi connectivity index (χ1) is 19.9. The van der Waals surface area contributed by atoms with Gasteiger partial charge in [-0.2, -0.15) is 0 Å². The SMILES string of the molecule is O=C(NC[C@H]1CCCN1)c1cc2ncnc(N[C@@H](CCC(=O)N3CCCC3)c3nc4cc(Cl)ccc4[nH]3)c2cc1Cl. The topological polar surface area (TPSA) is 128 Å². The zero-order valence-electron chi connectivity index (χ0n) is 22.6. The molecule has 0 bridgehead atoms. The standard InChI is InChI=1S/C29H32Cl2N8O2/c30-17-5-6-22-25(12-17)38-28(36-22)23(7-8-26(40)39-10-1-2-11-39)37-27-20-13-21(31)19(14-24(20)34-16-35-27)29(41)33-15-18-4-3-9-32-18/h5-6,12-14,16,18,23,32H,1-4,7-11,15H2,(H,33,41)(H,36,38)(H,34,35,37)/t18-,23+/m1/s1. The maximum Gasteiger partial charge on any atom is 0.252 e. The fraction of sp³-hybridized carbons (Fsp3) is 0.414. The van der Waals surface area contributed by atoms with Crippen molar-refractivity contribution in [1.82, 2.24) is 35.5 Å². The number of likely N-dealkylation sites (tertiary alicyclic amines) is 1. The van der Waals surface area contributed by atoms with Gasteiger partial charge in [0.15, 0.2) is 0 Å². The second-order valence-corrected chi connectivity index (χ2v) is 11.5. The van der Waals surface area contributed by atoms with Crippen molar-refractivity contribution in [1.29, 1.82) is 0 Å². The molecule has 2 amide bonds. The third-order valence-electron chi connectivity index (χ3n) is 7.85. The summed E-state index contributed by atoms with van der Waals surface area (Å²) < 4.78 is 0. The number of aromatic amines is 1. The molecule has 2 aromatic heterocycles. The highest BCUT2D eigenvalue weighted by Gasteiger charge is 2.24. The van der Waals surface area contributed by atoms with Gasteiger partial charge in [0.05, 0.1) is 33.2 Å². The molecule has 4 aromatic rings.